The summed E-state index contributed by atoms with van der Waals surface area (Å²) in [4.78, 5) is 0. The normalized spacial score (nSPS) is 15.6. The number of benzene rings is 1. The lowest BCUT2D eigenvalue weighted by atomic mass is 10.1. The van der Waals surface area contributed by atoms with Crippen LogP contribution in [0.25, 0.3) is 10.9 Å². The lowest BCUT2D eigenvalue weighted by Crippen LogP contribution is -2.24. The smallest absolute Gasteiger partial charge is 0.0498 e. The van der Waals surface area contributed by atoms with E-state index in [4.69, 9.17) is 11.6 Å². The first-order valence-corrected chi connectivity index (χ1v) is 5.61. The molecule has 0 saturated carbocycles. The van der Waals surface area contributed by atoms with Crippen LogP contribution >= 0.6 is 11.6 Å². The van der Waals surface area contributed by atoms with Crippen molar-refractivity contribution < 1.29 is 0 Å². The van der Waals surface area contributed by atoms with Crippen LogP contribution < -0.4 is 5.32 Å². The molecule has 2 aromatic rings. The van der Waals surface area contributed by atoms with E-state index in [1.165, 1.54) is 22.2 Å². The van der Waals surface area contributed by atoms with Crippen LogP contribution in [0, 0.1) is 0 Å². The number of hydrogen-bond acceptors (Lipinski definition) is 1. The number of nitrogens with zero attached hydrogens (tertiary/aromatic N) is 1. The van der Waals surface area contributed by atoms with Gasteiger partial charge in [-0.3, -0.25) is 0 Å². The molecule has 3 rings (SSSR count). The molecule has 0 atom stereocenters. The molecule has 78 valence electrons. The maximum absolute atomic E-state index is 6.03. The number of nitrogens with one attached hydrogen (secondary N) is 1. The van der Waals surface area contributed by atoms with Crippen molar-refractivity contribution in [1.29, 1.82) is 0 Å². The zero-order chi connectivity index (χ0) is 10.4. The first-order chi connectivity index (χ1) is 7.27. The number of halogens is 1. The molecule has 0 bridgehead atoms. The number of hydrogen-bond donors (Lipinski definition) is 1. The molecule has 0 aliphatic carbocycles. The number of fused-ring (bicyclic) bond motifs is 3. The predicted octanol–water partition coefficient (Wildman–Crippen LogP) is 2.48. The van der Waals surface area contributed by atoms with Crippen LogP contribution in [-0.4, -0.2) is 11.1 Å². The lowest BCUT2D eigenvalue weighted by Gasteiger charge is -2.14. The van der Waals surface area contributed by atoms with Gasteiger partial charge in [-0.2, -0.15) is 0 Å². The first-order valence-electron chi connectivity index (χ1n) is 5.24. The van der Waals surface area contributed by atoms with Crippen molar-refractivity contribution in [1.82, 2.24) is 9.88 Å². The third-order valence-electron chi connectivity index (χ3n) is 3.24. The van der Waals surface area contributed by atoms with E-state index in [1.54, 1.807) is 0 Å². The fourth-order valence-corrected chi connectivity index (χ4v) is 2.63. The quantitative estimate of drug-likeness (QED) is 0.722. The molecule has 2 heterocycles. The van der Waals surface area contributed by atoms with Crippen molar-refractivity contribution in [3.05, 3.63) is 34.5 Å². The minimum atomic E-state index is 0.813. The summed E-state index contributed by atoms with van der Waals surface area (Å²) in [7, 11) is 2.12. The van der Waals surface area contributed by atoms with Gasteiger partial charge in [-0.15, -0.1) is 0 Å². The zero-order valence-corrected chi connectivity index (χ0v) is 9.43. The standard InChI is InChI=1S/C12H13ClN2/c1-15-11-6-8(13)2-3-9(11)10-4-5-14-7-12(10)15/h2-3,6,14H,4-5,7H2,1H3. The molecule has 1 aliphatic rings. The van der Waals surface area contributed by atoms with Crippen LogP contribution in [0.15, 0.2) is 18.2 Å². The van der Waals surface area contributed by atoms with Gasteiger partial charge in [-0.1, -0.05) is 17.7 Å². The second-order valence-electron chi connectivity index (χ2n) is 4.07. The summed E-state index contributed by atoms with van der Waals surface area (Å²) in [6, 6.07) is 6.17. The van der Waals surface area contributed by atoms with Crippen molar-refractivity contribution in [2.75, 3.05) is 6.54 Å². The summed E-state index contributed by atoms with van der Waals surface area (Å²) in [5.41, 5.74) is 4.14. The van der Waals surface area contributed by atoms with Crippen LogP contribution in [0.2, 0.25) is 5.02 Å². The average molecular weight is 221 g/mol. The van der Waals surface area contributed by atoms with E-state index >= 15 is 0 Å². The number of aromatic nitrogens is 1. The van der Waals surface area contributed by atoms with Gasteiger partial charge in [0.1, 0.15) is 0 Å². The molecule has 2 nitrogen and oxygen atoms in total. The molecular formula is C12H13ClN2. The van der Waals surface area contributed by atoms with Gasteiger partial charge in [0.15, 0.2) is 0 Å². The van der Waals surface area contributed by atoms with Crippen molar-refractivity contribution in [3.63, 3.8) is 0 Å². The Morgan fingerprint density at radius 2 is 2.27 bits per heavy atom. The van der Waals surface area contributed by atoms with E-state index < -0.39 is 0 Å². The maximum Gasteiger partial charge on any atom is 0.0498 e. The van der Waals surface area contributed by atoms with Crippen LogP contribution in [-0.2, 0) is 20.0 Å². The Labute approximate surface area is 93.8 Å². The Kier molecular flexibility index (Phi) is 2.01. The molecule has 3 heteroatoms. The van der Waals surface area contributed by atoms with Gasteiger partial charge in [-0.25, -0.2) is 0 Å². The highest BCUT2D eigenvalue weighted by Gasteiger charge is 2.17. The van der Waals surface area contributed by atoms with Crippen molar-refractivity contribution >= 4 is 22.5 Å². The van der Waals surface area contributed by atoms with E-state index in [-0.39, 0.29) is 0 Å². The Hall–Kier alpha value is -0.990. The van der Waals surface area contributed by atoms with E-state index in [1.807, 2.05) is 6.07 Å². The lowest BCUT2D eigenvalue weighted by molar-refractivity contribution is 0.614. The van der Waals surface area contributed by atoms with Gasteiger partial charge in [0.25, 0.3) is 0 Å². The van der Waals surface area contributed by atoms with Crippen LogP contribution in [0.5, 0.6) is 0 Å². The molecular weight excluding hydrogens is 208 g/mol. The fraction of sp³-hybridized carbons (Fsp3) is 0.333. The van der Waals surface area contributed by atoms with Gasteiger partial charge in [-0.05, 0) is 30.7 Å². The Morgan fingerprint density at radius 1 is 1.40 bits per heavy atom. The zero-order valence-electron chi connectivity index (χ0n) is 8.68. The number of rotatable bonds is 0. The summed E-state index contributed by atoms with van der Waals surface area (Å²) in [6.45, 7) is 2.05. The molecule has 1 N–H and O–H groups in total. The van der Waals surface area contributed by atoms with Gasteiger partial charge < -0.3 is 9.88 Å². The highest BCUT2D eigenvalue weighted by atomic mass is 35.5. The molecule has 0 unspecified atom stereocenters. The van der Waals surface area contributed by atoms with Gasteiger partial charge >= 0.3 is 0 Å². The molecule has 0 radical (unpaired) electrons. The fourth-order valence-electron chi connectivity index (χ4n) is 2.47. The summed E-state index contributed by atoms with van der Waals surface area (Å²) < 4.78 is 2.25. The molecule has 1 aromatic carbocycles. The van der Waals surface area contributed by atoms with Crippen LogP contribution in [0.4, 0.5) is 0 Å². The number of aryl methyl sites for hydroxylation is 1. The molecule has 15 heavy (non-hydrogen) atoms. The monoisotopic (exact) mass is 220 g/mol. The molecule has 0 saturated heterocycles. The van der Waals surface area contributed by atoms with Gasteiger partial charge in [0.2, 0.25) is 0 Å². The highest BCUT2D eigenvalue weighted by molar-refractivity contribution is 6.31. The summed E-state index contributed by atoms with van der Waals surface area (Å²) in [6.07, 6.45) is 1.12. The summed E-state index contributed by atoms with van der Waals surface area (Å²) in [5.74, 6) is 0. The van der Waals surface area contributed by atoms with Crippen molar-refractivity contribution in [2.45, 2.75) is 13.0 Å². The van der Waals surface area contributed by atoms with E-state index in [9.17, 15) is 0 Å². The topological polar surface area (TPSA) is 17.0 Å². The first kappa shape index (κ1) is 9.25. The van der Waals surface area contributed by atoms with E-state index in [2.05, 4.69) is 29.1 Å². The third-order valence-corrected chi connectivity index (χ3v) is 3.48. The minimum absolute atomic E-state index is 0.813. The molecule has 1 aliphatic heterocycles. The maximum atomic E-state index is 6.03. The second-order valence-corrected chi connectivity index (χ2v) is 4.51. The highest BCUT2D eigenvalue weighted by Crippen LogP contribution is 2.29. The van der Waals surface area contributed by atoms with Gasteiger partial charge in [0, 0.05) is 35.2 Å². The van der Waals surface area contributed by atoms with Crippen LogP contribution in [0.1, 0.15) is 11.3 Å². The van der Waals surface area contributed by atoms with Crippen molar-refractivity contribution in [3.8, 4) is 0 Å². The Balaban J connectivity index is 2.38. The SMILES string of the molecule is Cn1c2c(c3ccc(Cl)cc31)CCNC2. The Morgan fingerprint density at radius 3 is 3.13 bits per heavy atom. The van der Waals surface area contributed by atoms with E-state index in [0.717, 1.165) is 24.5 Å². The molecule has 0 spiro atoms. The largest absolute Gasteiger partial charge is 0.346 e. The summed E-state index contributed by atoms with van der Waals surface area (Å²) >= 11 is 6.03. The van der Waals surface area contributed by atoms with Crippen LogP contribution in [0.3, 0.4) is 0 Å². The third kappa shape index (κ3) is 1.29. The summed E-state index contributed by atoms with van der Waals surface area (Å²) in [5, 5.41) is 5.58. The Bertz CT molecular complexity index is 528. The average Bonchev–Trinajstić information content (AvgIpc) is 2.54. The second kappa shape index (κ2) is 3.26. The molecule has 0 amide bonds. The predicted molar refractivity (Wildman–Crippen MR) is 63.3 cm³/mol. The molecule has 1 aromatic heterocycles. The molecule has 0 fully saturated rings. The van der Waals surface area contributed by atoms with Gasteiger partial charge in [0.05, 0.1) is 0 Å². The van der Waals surface area contributed by atoms with E-state index in [0.29, 0.717) is 0 Å². The minimum Gasteiger partial charge on any atom is -0.346 e. The van der Waals surface area contributed by atoms with Crippen molar-refractivity contribution in [2.24, 2.45) is 7.05 Å².